The first-order chi connectivity index (χ1) is 22.2. The number of nitrogens with zero attached hydrogens (tertiary/aromatic N) is 3. The molecule has 230 valence electrons. The van der Waals surface area contributed by atoms with E-state index in [2.05, 4.69) is 15.2 Å². The van der Waals surface area contributed by atoms with Crippen molar-refractivity contribution < 1.29 is 24.1 Å². The topological polar surface area (TPSA) is 97.6 Å². The Kier molecular flexibility index (Phi) is 9.78. The molecule has 0 radical (unpaired) electrons. The number of carbonyl (C=O) groups excluding carboxylic acids is 3. The molecule has 5 rings (SSSR count). The van der Waals surface area contributed by atoms with E-state index in [0.717, 1.165) is 44.5 Å². The van der Waals surface area contributed by atoms with Crippen molar-refractivity contribution in [3.8, 4) is 0 Å². The van der Waals surface area contributed by atoms with Gasteiger partial charge < -0.3 is 14.6 Å². The Hall–Kier alpha value is -5.89. The van der Waals surface area contributed by atoms with Crippen LogP contribution in [-0.4, -0.2) is 29.1 Å². The Labute approximate surface area is 267 Å². The molecule has 8 heteroatoms. The molecule has 0 fully saturated rings. The van der Waals surface area contributed by atoms with E-state index in [1.54, 1.807) is 13.8 Å². The summed E-state index contributed by atoms with van der Waals surface area (Å²) >= 11 is 0. The zero-order valence-corrected chi connectivity index (χ0v) is 26.1. The van der Waals surface area contributed by atoms with Crippen LogP contribution in [-0.2, 0) is 25.7 Å². The van der Waals surface area contributed by atoms with Gasteiger partial charge in [-0.1, -0.05) is 89.2 Å². The average molecular weight is 612 g/mol. The average Bonchev–Trinajstić information content (AvgIpc) is 3.07. The maximum Gasteiger partial charge on any atom is 0.331 e. The van der Waals surface area contributed by atoms with Gasteiger partial charge in [-0.3, -0.25) is 4.79 Å². The Bertz CT molecular complexity index is 1960. The van der Waals surface area contributed by atoms with Crippen LogP contribution in [0.1, 0.15) is 54.7 Å². The highest BCUT2D eigenvalue weighted by atomic mass is 16.7. The molecule has 0 saturated carbocycles. The van der Waals surface area contributed by atoms with E-state index in [1.165, 1.54) is 13.8 Å². The number of fused-ring (bicyclic) bond motifs is 1. The van der Waals surface area contributed by atoms with Gasteiger partial charge in [0.2, 0.25) is 0 Å². The number of hydrogen-bond donors (Lipinski definition) is 0. The second kappa shape index (κ2) is 14.3. The van der Waals surface area contributed by atoms with Gasteiger partial charge in [-0.15, -0.1) is 0 Å². The summed E-state index contributed by atoms with van der Waals surface area (Å²) < 4.78 is 0. The summed E-state index contributed by atoms with van der Waals surface area (Å²) in [4.78, 5) is 47.6. The molecule has 0 aromatic heterocycles. The zero-order valence-electron chi connectivity index (χ0n) is 26.1. The second-order valence-electron chi connectivity index (χ2n) is 10.8. The summed E-state index contributed by atoms with van der Waals surface area (Å²) in [5.41, 5.74) is 6.88. The van der Waals surface area contributed by atoms with Crippen molar-refractivity contribution in [1.82, 2.24) is 0 Å². The van der Waals surface area contributed by atoms with E-state index in [0.29, 0.717) is 23.4 Å². The highest BCUT2D eigenvalue weighted by molar-refractivity contribution is 6.06. The molecule has 0 unspecified atom stereocenters. The predicted molar refractivity (Wildman–Crippen MR) is 181 cm³/mol. The van der Waals surface area contributed by atoms with Crippen LogP contribution in [0.4, 0.5) is 17.1 Å². The standard InChI is InChI=1S/C38H33N3O5/c1-25(39-45-27(3)42)30-16-19-34(20-17-30)41(35-14-8-12-31(24-35)26(2)40-46-28(4)43)37-15-9-13-32-23-33(18-21-36(32)37)38(44)22-29-10-6-5-7-11-29/h5-21,23-24H,22H2,1-4H3/b39-25-,40-26-. The fourth-order valence-corrected chi connectivity index (χ4v) is 5.04. The third kappa shape index (κ3) is 7.60. The molecule has 0 aliphatic heterocycles. The van der Waals surface area contributed by atoms with Gasteiger partial charge in [-0.2, -0.15) is 0 Å². The van der Waals surface area contributed by atoms with E-state index in [1.807, 2.05) is 115 Å². The number of carbonyl (C=O) groups is 3. The maximum absolute atomic E-state index is 13.2. The Morgan fingerprint density at radius 1 is 0.587 bits per heavy atom. The zero-order chi connectivity index (χ0) is 32.6. The molecule has 0 spiro atoms. The van der Waals surface area contributed by atoms with Crippen molar-refractivity contribution >= 4 is 57.0 Å². The summed E-state index contributed by atoms with van der Waals surface area (Å²) in [6.07, 6.45) is 0.325. The third-order valence-electron chi connectivity index (χ3n) is 7.32. The first-order valence-corrected chi connectivity index (χ1v) is 14.7. The predicted octanol–water partition coefficient (Wildman–Crippen LogP) is 8.31. The summed E-state index contributed by atoms with van der Waals surface area (Å²) in [5, 5.41) is 9.76. The first kappa shape index (κ1) is 31.5. The molecule has 5 aromatic carbocycles. The van der Waals surface area contributed by atoms with E-state index in [9.17, 15) is 14.4 Å². The number of rotatable bonds is 10. The molecule has 0 atom stereocenters. The monoisotopic (exact) mass is 611 g/mol. The van der Waals surface area contributed by atoms with Crippen molar-refractivity contribution in [2.75, 3.05) is 4.90 Å². The quantitative estimate of drug-likeness (QED) is 0.0682. The fraction of sp³-hybridized carbons (Fsp3) is 0.132. The van der Waals surface area contributed by atoms with Gasteiger partial charge in [0.15, 0.2) is 5.78 Å². The van der Waals surface area contributed by atoms with Gasteiger partial charge in [0.25, 0.3) is 0 Å². The van der Waals surface area contributed by atoms with Crippen LogP contribution in [0.15, 0.2) is 126 Å². The lowest BCUT2D eigenvalue weighted by atomic mass is 9.98. The van der Waals surface area contributed by atoms with Crippen LogP contribution in [0.5, 0.6) is 0 Å². The lowest BCUT2D eigenvalue weighted by Gasteiger charge is -2.27. The smallest absolute Gasteiger partial charge is 0.318 e. The molecule has 0 aliphatic carbocycles. The lowest BCUT2D eigenvalue weighted by molar-refractivity contribution is -0.141. The van der Waals surface area contributed by atoms with Crippen LogP contribution in [0.3, 0.4) is 0 Å². The van der Waals surface area contributed by atoms with Crippen molar-refractivity contribution in [3.63, 3.8) is 0 Å². The number of Topliss-reactive ketones (excluding diaryl/α,β-unsaturated/α-hetero) is 1. The van der Waals surface area contributed by atoms with Crippen molar-refractivity contribution in [1.29, 1.82) is 0 Å². The molecule has 8 nitrogen and oxygen atoms in total. The largest absolute Gasteiger partial charge is 0.331 e. The minimum atomic E-state index is -0.498. The third-order valence-corrected chi connectivity index (χ3v) is 7.32. The molecular formula is C38H33N3O5. The molecule has 46 heavy (non-hydrogen) atoms. The Morgan fingerprint density at radius 3 is 1.89 bits per heavy atom. The maximum atomic E-state index is 13.2. The van der Waals surface area contributed by atoms with E-state index < -0.39 is 11.9 Å². The van der Waals surface area contributed by atoms with Crippen LogP contribution in [0.25, 0.3) is 10.8 Å². The number of anilines is 3. The molecular weight excluding hydrogens is 578 g/mol. The summed E-state index contributed by atoms with van der Waals surface area (Å²) in [7, 11) is 0. The summed E-state index contributed by atoms with van der Waals surface area (Å²) in [5.74, 6) is -0.940. The van der Waals surface area contributed by atoms with Crippen molar-refractivity contribution in [2.24, 2.45) is 10.3 Å². The van der Waals surface area contributed by atoms with Gasteiger partial charge in [-0.05, 0) is 66.8 Å². The second-order valence-corrected chi connectivity index (χ2v) is 10.8. The SMILES string of the molecule is CC(=O)O/N=C(/C)c1ccc(N(c2cccc(/C(C)=N\OC(C)=O)c2)c2cccc3cc(C(=O)Cc4ccccc4)ccc23)cc1. The number of hydrogen-bond acceptors (Lipinski definition) is 8. The molecule has 0 saturated heterocycles. The minimum absolute atomic E-state index is 0.0481. The van der Waals surface area contributed by atoms with Crippen LogP contribution in [0.2, 0.25) is 0 Å². The highest BCUT2D eigenvalue weighted by Crippen LogP contribution is 2.39. The van der Waals surface area contributed by atoms with Crippen molar-refractivity contribution in [2.45, 2.75) is 34.1 Å². The van der Waals surface area contributed by atoms with E-state index in [-0.39, 0.29) is 5.78 Å². The van der Waals surface area contributed by atoms with Gasteiger partial charge in [0.05, 0.1) is 17.1 Å². The normalized spacial score (nSPS) is 11.7. The van der Waals surface area contributed by atoms with Gasteiger partial charge in [-0.25, -0.2) is 9.59 Å². The Morgan fingerprint density at radius 2 is 1.22 bits per heavy atom. The molecule has 0 heterocycles. The number of oxime groups is 2. The molecule has 0 N–H and O–H groups in total. The van der Waals surface area contributed by atoms with Gasteiger partial charge >= 0.3 is 11.9 Å². The minimum Gasteiger partial charge on any atom is -0.318 e. The van der Waals surface area contributed by atoms with Crippen LogP contribution >= 0.6 is 0 Å². The van der Waals surface area contributed by atoms with Crippen molar-refractivity contribution in [3.05, 3.63) is 138 Å². The molecule has 0 amide bonds. The number of benzene rings is 5. The van der Waals surface area contributed by atoms with Crippen LogP contribution in [0, 0.1) is 0 Å². The number of ketones is 1. The molecule has 0 aliphatic rings. The fourth-order valence-electron chi connectivity index (χ4n) is 5.04. The molecule has 0 bridgehead atoms. The Balaban J connectivity index is 1.59. The lowest BCUT2D eigenvalue weighted by Crippen LogP contribution is -2.12. The van der Waals surface area contributed by atoms with E-state index >= 15 is 0 Å². The van der Waals surface area contributed by atoms with Gasteiger partial charge in [0, 0.05) is 48.2 Å². The highest BCUT2D eigenvalue weighted by Gasteiger charge is 2.18. The first-order valence-electron chi connectivity index (χ1n) is 14.7. The molecule has 5 aromatic rings. The van der Waals surface area contributed by atoms with Crippen LogP contribution < -0.4 is 4.90 Å². The van der Waals surface area contributed by atoms with Gasteiger partial charge in [0.1, 0.15) is 0 Å². The summed E-state index contributed by atoms with van der Waals surface area (Å²) in [6, 6.07) is 37.0. The summed E-state index contributed by atoms with van der Waals surface area (Å²) in [6.45, 7) is 6.15. The van der Waals surface area contributed by atoms with E-state index in [4.69, 9.17) is 9.68 Å².